The third-order valence-corrected chi connectivity index (χ3v) is 4.04. The number of hydrogen-bond donors (Lipinski definition) is 2. The molecule has 1 atom stereocenters. The van der Waals surface area contributed by atoms with Crippen molar-refractivity contribution in [2.75, 3.05) is 7.11 Å². The van der Waals surface area contributed by atoms with Crippen LogP contribution in [0.25, 0.3) is 0 Å². The smallest absolute Gasteiger partial charge is 0.123 e. The van der Waals surface area contributed by atoms with Crippen LogP contribution in [0.3, 0.4) is 0 Å². The number of nitrogens with two attached hydrogens (primary N) is 1. The highest BCUT2D eigenvalue weighted by Gasteiger charge is 2.17. The van der Waals surface area contributed by atoms with Crippen molar-refractivity contribution in [3.8, 4) is 5.75 Å². The molecule has 0 heterocycles. The second-order valence-electron chi connectivity index (χ2n) is 4.55. The first kappa shape index (κ1) is 16.4. The van der Waals surface area contributed by atoms with Crippen LogP contribution in [0.15, 0.2) is 36.4 Å². The van der Waals surface area contributed by atoms with Crippen LogP contribution in [-0.2, 0) is 6.42 Å². The molecular formula is C15H15Cl3N2O. The first-order valence-corrected chi connectivity index (χ1v) is 7.42. The molecule has 3 N–H and O–H groups in total. The molecule has 0 aromatic heterocycles. The Balaban J connectivity index is 2.36. The summed E-state index contributed by atoms with van der Waals surface area (Å²) in [6.45, 7) is 0. The van der Waals surface area contributed by atoms with E-state index in [1.807, 2.05) is 18.2 Å². The number of hydrazine groups is 1. The summed E-state index contributed by atoms with van der Waals surface area (Å²) in [4.78, 5) is 0. The monoisotopic (exact) mass is 344 g/mol. The van der Waals surface area contributed by atoms with E-state index in [0.717, 1.165) is 11.1 Å². The lowest BCUT2D eigenvalue weighted by molar-refractivity contribution is 0.399. The molecule has 1 unspecified atom stereocenters. The summed E-state index contributed by atoms with van der Waals surface area (Å²) < 4.78 is 5.36. The van der Waals surface area contributed by atoms with Gasteiger partial charge in [0, 0.05) is 20.6 Å². The van der Waals surface area contributed by atoms with Gasteiger partial charge in [-0.15, -0.1) is 0 Å². The molecule has 21 heavy (non-hydrogen) atoms. The summed E-state index contributed by atoms with van der Waals surface area (Å²) in [5.41, 5.74) is 4.54. The van der Waals surface area contributed by atoms with Crippen LogP contribution in [0.1, 0.15) is 17.2 Å². The fourth-order valence-electron chi connectivity index (χ4n) is 2.16. The molecule has 2 aromatic carbocycles. The number of methoxy groups -OCH3 is 1. The van der Waals surface area contributed by atoms with E-state index < -0.39 is 0 Å². The molecule has 0 radical (unpaired) electrons. The van der Waals surface area contributed by atoms with Gasteiger partial charge in [-0.25, -0.2) is 0 Å². The zero-order chi connectivity index (χ0) is 15.4. The second-order valence-corrected chi connectivity index (χ2v) is 5.83. The topological polar surface area (TPSA) is 47.3 Å². The van der Waals surface area contributed by atoms with E-state index in [9.17, 15) is 0 Å². The molecule has 0 fully saturated rings. The van der Waals surface area contributed by atoms with E-state index in [2.05, 4.69) is 5.43 Å². The summed E-state index contributed by atoms with van der Waals surface area (Å²) in [6.07, 6.45) is 0.562. The van der Waals surface area contributed by atoms with Gasteiger partial charge in [-0.3, -0.25) is 11.3 Å². The Kier molecular flexibility index (Phi) is 5.73. The van der Waals surface area contributed by atoms with Crippen molar-refractivity contribution in [1.82, 2.24) is 5.43 Å². The normalized spacial score (nSPS) is 12.2. The number of ether oxygens (including phenoxy) is 1. The average molecular weight is 346 g/mol. The van der Waals surface area contributed by atoms with Crippen LogP contribution >= 0.6 is 34.8 Å². The van der Waals surface area contributed by atoms with E-state index in [0.29, 0.717) is 27.2 Å². The van der Waals surface area contributed by atoms with Crippen molar-refractivity contribution in [2.45, 2.75) is 12.5 Å². The minimum Gasteiger partial charge on any atom is -0.496 e. The van der Waals surface area contributed by atoms with Gasteiger partial charge < -0.3 is 4.74 Å². The molecule has 0 aliphatic heterocycles. The third-order valence-electron chi connectivity index (χ3n) is 3.20. The molecular weight excluding hydrogens is 331 g/mol. The molecule has 0 saturated heterocycles. The van der Waals surface area contributed by atoms with Crippen molar-refractivity contribution in [2.24, 2.45) is 5.84 Å². The summed E-state index contributed by atoms with van der Waals surface area (Å²) in [6, 6.07) is 10.5. The standard InChI is InChI=1S/C15H15Cl3N2O/c1-21-15-5-3-11(17)8-12(15)14(20-19)7-9-6-10(16)2-4-13(9)18/h2-6,8,14,20H,7,19H2,1H3. The maximum atomic E-state index is 6.21. The molecule has 0 aliphatic carbocycles. The lowest BCUT2D eigenvalue weighted by Crippen LogP contribution is -2.30. The molecule has 112 valence electrons. The van der Waals surface area contributed by atoms with E-state index in [4.69, 9.17) is 45.4 Å². The number of nitrogens with one attached hydrogen (secondary N) is 1. The molecule has 2 aromatic rings. The predicted octanol–water partition coefficient (Wildman–Crippen LogP) is 4.40. The van der Waals surface area contributed by atoms with Crippen LogP contribution in [0.5, 0.6) is 5.75 Å². The van der Waals surface area contributed by atoms with Crippen LogP contribution < -0.4 is 16.0 Å². The predicted molar refractivity (Wildman–Crippen MR) is 88.2 cm³/mol. The Bertz CT molecular complexity index is 634. The molecule has 3 nitrogen and oxygen atoms in total. The average Bonchev–Trinajstić information content (AvgIpc) is 2.48. The highest BCUT2D eigenvalue weighted by molar-refractivity contribution is 6.33. The van der Waals surface area contributed by atoms with Gasteiger partial charge in [-0.1, -0.05) is 34.8 Å². The molecule has 0 aliphatic rings. The Labute approximate surface area is 138 Å². The van der Waals surface area contributed by atoms with Gasteiger partial charge in [0.1, 0.15) is 5.75 Å². The molecule has 2 rings (SSSR count). The summed E-state index contributed by atoms with van der Waals surface area (Å²) in [5.74, 6) is 6.40. The van der Waals surface area contributed by atoms with Gasteiger partial charge in [0.05, 0.1) is 13.2 Å². The van der Waals surface area contributed by atoms with Crippen LogP contribution in [0.4, 0.5) is 0 Å². The van der Waals surface area contributed by atoms with Gasteiger partial charge >= 0.3 is 0 Å². The molecule has 0 saturated carbocycles. The molecule has 6 heteroatoms. The third kappa shape index (κ3) is 4.02. The highest BCUT2D eigenvalue weighted by Crippen LogP contribution is 2.32. The fourth-order valence-corrected chi connectivity index (χ4v) is 2.73. The van der Waals surface area contributed by atoms with Crippen LogP contribution in [0, 0.1) is 0 Å². The summed E-state index contributed by atoms with van der Waals surface area (Å²) in [7, 11) is 1.60. The van der Waals surface area contributed by atoms with Crippen molar-refractivity contribution in [1.29, 1.82) is 0 Å². The minimum absolute atomic E-state index is 0.199. The van der Waals surface area contributed by atoms with Crippen molar-refractivity contribution in [3.05, 3.63) is 62.6 Å². The lowest BCUT2D eigenvalue weighted by Gasteiger charge is -2.20. The molecule has 0 spiro atoms. The maximum Gasteiger partial charge on any atom is 0.123 e. The van der Waals surface area contributed by atoms with E-state index in [1.54, 1.807) is 25.3 Å². The lowest BCUT2D eigenvalue weighted by atomic mass is 9.98. The Hall–Kier alpha value is -0.970. The first-order chi connectivity index (χ1) is 10.0. The van der Waals surface area contributed by atoms with E-state index in [-0.39, 0.29) is 6.04 Å². The van der Waals surface area contributed by atoms with Crippen LogP contribution in [0.2, 0.25) is 15.1 Å². The van der Waals surface area contributed by atoms with Crippen LogP contribution in [-0.4, -0.2) is 7.11 Å². The minimum atomic E-state index is -0.199. The van der Waals surface area contributed by atoms with Gasteiger partial charge in [-0.2, -0.15) is 0 Å². The van der Waals surface area contributed by atoms with Crippen molar-refractivity contribution >= 4 is 34.8 Å². The second kappa shape index (κ2) is 7.34. The number of benzene rings is 2. The number of hydrogen-bond acceptors (Lipinski definition) is 3. The quantitative estimate of drug-likeness (QED) is 0.623. The van der Waals surface area contributed by atoms with Gasteiger partial charge in [0.2, 0.25) is 0 Å². The number of halogens is 3. The maximum absolute atomic E-state index is 6.21. The molecule has 0 bridgehead atoms. The van der Waals surface area contributed by atoms with Crippen molar-refractivity contribution < 1.29 is 4.74 Å². The zero-order valence-electron chi connectivity index (χ0n) is 11.4. The van der Waals surface area contributed by atoms with Gasteiger partial charge in [0.25, 0.3) is 0 Å². The van der Waals surface area contributed by atoms with Gasteiger partial charge in [0.15, 0.2) is 0 Å². The molecule has 0 amide bonds. The Morgan fingerprint density at radius 3 is 2.43 bits per heavy atom. The first-order valence-electron chi connectivity index (χ1n) is 6.28. The van der Waals surface area contributed by atoms with Gasteiger partial charge in [-0.05, 0) is 48.4 Å². The summed E-state index contributed by atoms with van der Waals surface area (Å²) >= 11 is 18.3. The Morgan fingerprint density at radius 2 is 1.76 bits per heavy atom. The number of rotatable bonds is 5. The Morgan fingerprint density at radius 1 is 1.10 bits per heavy atom. The summed E-state index contributed by atoms with van der Waals surface area (Å²) in [5, 5.41) is 1.88. The zero-order valence-corrected chi connectivity index (χ0v) is 13.6. The largest absolute Gasteiger partial charge is 0.496 e. The van der Waals surface area contributed by atoms with Crippen molar-refractivity contribution in [3.63, 3.8) is 0 Å². The highest BCUT2D eigenvalue weighted by atomic mass is 35.5. The SMILES string of the molecule is COc1ccc(Cl)cc1C(Cc1cc(Cl)ccc1Cl)NN. The van der Waals surface area contributed by atoms with E-state index in [1.165, 1.54) is 0 Å². The fraction of sp³-hybridized carbons (Fsp3) is 0.200. The van der Waals surface area contributed by atoms with E-state index >= 15 is 0 Å².